The molecule has 0 fully saturated rings. The minimum absolute atomic E-state index is 0.409. The quantitative estimate of drug-likeness (QED) is 0.787. The van der Waals surface area contributed by atoms with Gasteiger partial charge in [0.05, 0.1) is 0 Å². The van der Waals surface area contributed by atoms with Crippen LogP contribution in [0.15, 0.2) is 18.2 Å². The van der Waals surface area contributed by atoms with Crippen molar-refractivity contribution in [3.8, 4) is 0 Å². The van der Waals surface area contributed by atoms with E-state index in [-0.39, 0.29) is 0 Å². The highest BCUT2D eigenvalue weighted by Crippen LogP contribution is 2.20. The topological polar surface area (TPSA) is 18.5 Å². The van der Waals surface area contributed by atoms with Crippen LogP contribution in [0.5, 0.6) is 0 Å². The summed E-state index contributed by atoms with van der Waals surface area (Å²) in [5.74, 6) is 0. The highest BCUT2D eigenvalue weighted by Gasteiger charge is 2.15. The van der Waals surface area contributed by atoms with Crippen LogP contribution in [0, 0.1) is 13.8 Å². The second kappa shape index (κ2) is 8.40. The van der Waals surface area contributed by atoms with E-state index in [2.05, 4.69) is 75.2 Å². The van der Waals surface area contributed by atoms with Gasteiger partial charge in [-0.2, -0.15) is 0 Å². The zero-order valence-electron chi connectivity index (χ0n) is 14.0. The molecule has 0 spiro atoms. The largest absolute Gasteiger partial charge is 0.309 e. The molecule has 1 aromatic carbocycles. The number of nitrogens with zero attached hydrogens (tertiary/aromatic N) is 2. The normalized spacial score (nSPS) is 13.2. The first-order valence-corrected chi connectivity index (χ1v) is 7.57. The Kier molecular flexibility index (Phi) is 7.20. The van der Waals surface area contributed by atoms with Gasteiger partial charge in [-0.25, -0.2) is 0 Å². The molecule has 0 saturated heterocycles. The maximum atomic E-state index is 3.63. The van der Waals surface area contributed by atoms with E-state index in [1.807, 2.05) is 0 Å². The summed E-state index contributed by atoms with van der Waals surface area (Å²) >= 11 is 0. The van der Waals surface area contributed by atoms with Crippen LogP contribution in [0.4, 0.5) is 0 Å². The van der Waals surface area contributed by atoms with Crippen molar-refractivity contribution in [3.05, 3.63) is 34.9 Å². The van der Waals surface area contributed by atoms with Crippen molar-refractivity contribution in [3.63, 3.8) is 0 Å². The van der Waals surface area contributed by atoms with Crippen molar-refractivity contribution in [2.75, 3.05) is 47.3 Å². The maximum Gasteiger partial charge on any atom is 0.0451 e. The standard InChI is InChI=1S/C17H31N3/c1-7-18-17(13-20(6)11-10-19(4)5)16-12-14(2)8-9-15(16)3/h8-9,12,17-18H,7,10-11,13H2,1-6H3. The number of hydrogen-bond donors (Lipinski definition) is 1. The number of likely N-dealkylation sites (N-methyl/N-ethyl adjacent to an activating group) is 3. The van der Waals surface area contributed by atoms with E-state index in [1.54, 1.807) is 0 Å². The Morgan fingerprint density at radius 2 is 1.80 bits per heavy atom. The summed E-state index contributed by atoms with van der Waals surface area (Å²) < 4.78 is 0. The zero-order chi connectivity index (χ0) is 15.1. The summed E-state index contributed by atoms with van der Waals surface area (Å²) in [6, 6.07) is 7.15. The molecule has 1 aromatic rings. The fourth-order valence-electron chi connectivity index (χ4n) is 2.43. The lowest BCUT2D eigenvalue weighted by atomic mass is 9.98. The highest BCUT2D eigenvalue weighted by molar-refractivity contribution is 5.33. The number of rotatable bonds is 8. The van der Waals surface area contributed by atoms with E-state index < -0.39 is 0 Å². The van der Waals surface area contributed by atoms with Gasteiger partial charge in [0.2, 0.25) is 0 Å². The monoisotopic (exact) mass is 277 g/mol. The van der Waals surface area contributed by atoms with Crippen molar-refractivity contribution in [2.24, 2.45) is 0 Å². The predicted molar refractivity (Wildman–Crippen MR) is 88.4 cm³/mol. The molecule has 0 aliphatic heterocycles. The molecule has 0 radical (unpaired) electrons. The molecule has 0 heterocycles. The lowest BCUT2D eigenvalue weighted by Crippen LogP contribution is -2.36. The Hall–Kier alpha value is -0.900. The molecule has 0 saturated carbocycles. The Labute approximate surface area is 125 Å². The molecular formula is C17H31N3. The predicted octanol–water partition coefficient (Wildman–Crippen LogP) is 2.45. The molecule has 0 aliphatic carbocycles. The molecule has 1 N–H and O–H groups in total. The molecule has 1 atom stereocenters. The van der Waals surface area contributed by atoms with Crippen molar-refractivity contribution >= 4 is 0 Å². The van der Waals surface area contributed by atoms with Gasteiger partial charge in [0.25, 0.3) is 0 Å². The molecule has 0 amide bonds. The van der Waals surface area contributed by atoms with Gasteiger partial charge in [-0.05, 0) is 52.7 Å². The second-order valence-corrected chi connectivity index (χ2v) is 6.04. The van der Waals surface area contributed by atoms with Gasteiger partial charge in [0.15, 0.2) is 0 Å². The van der Waals surface area contributed by atoms with Crippen LogP contribution in [0.2, 0.25) is 0 Å². The third-order valence-electron chi connectivity index (χ3n) is 3.68. The van der Waals surface area contributed by atoms with Gasteiger partial charge in [-0.3, -0.25) is 0 Å². The minimum atomic E-state index is 0.409. The fraction of sp³-hybridized carbons (Fsp3) is 0.647. The van der Waals surface area contributed by atoms with E-state index in [1.165, 1.54) is 16.7 Å². The van der Waals surface area contributed by atoms with Gasteiger partial charge in [-0.15, -0.1) is 0 Å². The third-order valence-corrected chi connectivity index (χ3v) is 3.68. The average Bonchev–Trinajstić information content (AvgIpc) is 2.39. The second-order valence-electron chi connectivity index (χ2n) is 6.04. The SMILES string of the molecule is CCNC(CN(C)CCN(C)C)c1cc(C)ccc1C. The number of nitrogens with one attached hydrogen (secondary N) is 1. The summed E-state index contributed by atoms with van der Waals surface area (Å²) in [6.07, 6.45) is 0. The van der Waals surface area contributed by atoms with E-state index in [0.717, 1.165) is 26.2 Å². The molecule has 0 aromatic heterocycles. The molecule has 1 rings (SSSR count). The number of aryl methyl sites for hydroxylation is 2. The molecule has 0 bridgehead atoms. The van der Waals surface area contributed by atoms with Crippen LogP contribution in [0.1, 0.15) is 29.7 Å². The summed E-state index contributed by atoms with van der Waals surface area (Å²) in [5.41, 5.74) is 4.15. The van der Waals surface area contributed by atoms with E-state index in [0.29, 0.717) is 6.04 Å². The zero-order valence-corrected chi connectivity index (χ0v) is 14.0. The van der Waals surface area contributed by atoms with Crippen LogP contribution >= 0.6 is 0 Å². The van der Waals surface area contributed by atoms with Crippen molar-refractivity contribution in [2.45, 2.75) is 26.8 Å². The lowest BCUT2D eigenvalue weighted by molar-refractivity contribution is 0.257. The molecule has 20 heavy (non-hydrogen) atoms. The summed E-state index contributed by atoms with van der Waals surface area (Å²) in [6.45, 7) is 10.8. The van der Waals surface area contributed by atoms with Crippen molar-refractivity contribution in [1.82, 2.24) is 15.1 Å². The number of benzene rings is 1. The van der Waals surface area contributed by atoms with Crippen molar-refractivity contribution in [1.29, 1.82) is 0 Å². The molecule has 1 unspecified atom stereocenters. The van der Waals surface area contributed by atoms with Gasteiger partial charge < -0.3 is 15.1 Å². The Morgan fingerprint density at radius 3 is 2.40 bits per heavy atom. The van der Waals surface area contributed by atoms with Crippen LogP contribution in [-0.4, -0.2) is 57.1 Å². The van der Waals surface area contributed by atoms with Gasteiger partial charge in [0, 0.05) is 25.7 Å². The first-order chi connectivity index (χ1) is 9.43. The van der Waals surface area contributed by atoms with E-state index >= 15 is 0 Å². The summed E-state index contributed by atoms with van der Waals surface area (Å²) in [5, 5.41) is 3.63. The Morgan fingerprint density at radius 1 is 1.10 bits per heavy atom. The van der Waals surface area contributed by atoms with E-state index in [9.17, 15) is 0 Å². The van der Waals surface area contributed by atoms with Crippen molar-refractivity contribution < 1.29 is 0 Å². The molecule has 3 heteroatoms. The maximum absolute atomic E-state index is 3.63. The van der Waals surface area contributed by atoms with Gasteiger partial charge in [0.1, 0.15) is 0 Å². The van der Waals surface area contributed by atoms with Crippen LogP contribution in [0.25, 0.3) is 0 Å². The fourth-order valence-corrected chi connectivity index (χ4v) is 2.43. The first-order valence-electron chi connectivity index (χ1n) is 7.57. The third kappa shape index (κ3) is 5.61. The lowest BCUT2D eigenvalue weighted by Gasteiger charge is -2.27. The molecule has 0 aliphatic rings. The highest BCUT2D eigenvalue weighted by atomic mass is 15.2. The minimum Gasteiger partial charge on any atom is -0.309 e. The summed E-state index contributed by atoms with van der Waals surface area (Å²) in [4.78, 5) is 4.64. The number of hydrogen-bond acceptors (Lipinski definition) is 3. The van der Waals surface area contributed by atoms with Crippen LogP contribution in [0.3, 0.4) is 0 Å². The van der Waals surface area contributed by atoms with Gasteiger partial charge in [-0.1, -0.05) is 30.7 Å². The molecule has 3 nitrogen and oxygen atoms in total. The average molecular weight is 277 g/mol. The Balaban J connectivity index is 2.75. The first kappa shape index (κ1) is 17.2. The van der Waals surface area contributed by atoms with Crippen LogP contribution < -0.4 is 5.32 Å². The van der Waals surface area contributed by atoms with E-state index in [4.69, 9.17) is 0 Å². The Bertz CT molecular complexity index is 401. The van der Waals surface area contributed by atoms with Gasteiger partial charge >= 0.3 is 0 Å². The molecule has 114 valence electrons. The summed E-state index contributed by atoms with van der Waals surface area (Å²) in [7, 11) is 6.46. The van der Waals surface area contributed by atoms with Crippen LogP contribution in [-0.2, 0) is 0 Å². The molecular weight excluding hydrogens is 246 g/mol. The smallest absolute Gasteiger partial charge is 0.0451 e.